The number of nitrogens with two attached hydrogens (primary N) is 1. The quantitative estimate of drug-likeness (QED) is 0.564. The Morgan fingerprint density at radius 3 is 2.50 bits per heavy atom. The van der Waals surface area contributed by atoms with Crippen LogP contribution in [0.25, 0.3) is 0 Å². The molecule has 0 radical (unpaired) electrons. The van der Waals surface area contributed by atoms with Crippen LogP contribution in [0, 0.1) is 11.3 Å². The number of hydrogen-bond acceptors (Lipinski definition) is 2. The Hall–Kier alpha value is 0.310. The molecule has 1 atom stereocenters. The lowest BCUT2D eigenvalue weighted by Gasteiger charge is -2.25. The van der Waals surface area contributed by atoms with Crippen molar-refractivity contribution in [1.29, 1.82) is 0 Å². The van der Waals surface area contributed by atoms with E-state index in [1.165, 1.54) is 17.9 Å². The summed E-state index contributed by atoms with van der Waals surface area (Å²) < 4.78 is 0. The Balaban J connectivity index is 1.93. The van der Waals surface area contributed by atoms with Crippen LogP contribution in [-0.2, 0) is 0 Å². The van der Waals surface area contributed by atoms with E-state index >= 15 is 0 Å². The van der Waals surface area contributed by atoms with Crippen molar-refractivity contribution in [3.05, 3.63) is 0 Å². The first-order valence-corrected chi connectivity index (χ1v) is 4.31. The van der Waals surface area contributed by atoms with Gasteiger partial charge < -0.3 is 5.73 Å². The third-order valence-electron chi connectivity index (χ3n) is 2.42. The smallest absolute Gasteiger partial charge is 0.0000570 e. The number of thioether (sulfide) groups is 1. The summed E-state index contributed by atoms with van der Waals surface area (Å²) in [5.74, 6) is 3.70. The fourth-order valence-electron chi connectivity index (χ4n) is 1.48. The molecule has 1 spiro atoms. The topological polar surface area (TPSA) is 26.0 Å². The maximum absolute atomic E-state index is 5.51. The van der Waals surface area contributed by atoms with E-state index in [9.17, 15) is 0 Å². The number of hydrogen-bond donors (Lipinski definition) is 1. The van der Waals surface area contributed by atoms with E-state index in [1.54, 1.807) is 0 Å². The van der Waals surface area contributed by atoms with E-state index < -0.39 is 0 Å². The Labute approximate surface area is 54.0 Å². The van der Waals surface area contributed by atoms with Gasteiger partial charge in [-0.2, -0.15) is 11.8 Å². The van der Waals surface area contributed by atoms with Gasteiger partial charge in [0.1, 0.15) is 0 Å². The molecule has 1 saturated heterocycles. The van der Waals surface area contributed by atoms with Crippen molar-refractivity contribution >= 4 is 11.8 Å². The van der Waals surface area contributed by atoms with Crippen LogP contribution >= 0.6 is 11.8 Å². The summed E-state index contributed by atoms with van der Waals surface area (Å²) in [6.07, 6.45) is 1.43. The maximum Gasteiger partial charge on any atom is 0.0000570 e. The van der Waals surface area contributed by atoms with Crippen LogP contribution in [0.2, 0.25) is 0 Å². The predicted molar refractivity (Wildman–Crippen MR) is 36.9 cm³/mol. The maximum atomic E-state index is 5.51. The zero-order chi connectivity index (χ0) is 5.61. The van der Waals surface area contributed by atoms with Gasteiger partial charge in [0.25, 0.3) is 0 Å². The molecule has 2 N–H and O–H groups in total. The first-order chi connectivity index (χ1) is 3.87. The zero-order valence-corrected chi connectivity index (χ0v) is 5.71. The Bertz CT molecular complexity index is 109. The molecule has 0 aromatic heterocycles. The van der Waals surface area contributed by atoms with Crippen molar-refractivity contribution in [2.24, 2.45) is 17.1 Å². The van der Waals surface area contributed by atoms with Gasteiger partial charge in [0, 0.05) is 11.5 Å². The van der Waals surface area contributed by atoms with E-state index in [1.807, 2.05) is 0 Å². The molecule has 0 amide bonds. The Kier molecular flexibility index (Phi) is 0.910. The zero-order valence-electron chi connectivity index (χ0n) is 4.89. The van der Waals surface area contributed by atoms with E-state index in [0.717, 1.165) is 17.9 Å². The summed E-state index contributed by atoms with van der Waals surface area (Å²) in [5.41, 5.74) is 6.29. The summed E-state index contributed by atoms with van der Waals surface area (Å²) in [5, 5.41) is 0. The minimum atomic E-state index is 0.777. The van der Waals surface area contributed by atoms with Gasteiger partial charge in [-0.3, -0.25) is 0 Å². The van der Waals surface area contributed by atoms with Crippen LogP contribution in [0.15, 0.2) is 0 Å². The Morgan fingerprint density at radius 2 is 2.38 bits per heavy atom. The second-order valence-corrected chi connectivity index (χ2v) is 3.98. The van der Waals surface area contributed by atoms with Crippen molar-refractivity contribution in [3.63, 3.8) is 0 Å². The molecule has 2 rings (SSSR count). The minimum Gasteiger partial charge on any atom is -0.330 e. The van der Waals surface area contributed by atoms with Crippen molar-refractivity contribution in [2.45, 2.75) is 6.42 Å². The molecular formula is C6H11NS. The first-order valence-electron chi connectivity index (χ1n) is 3.15. The van der Waals surface area contributed by atoms with Crippen molar-refractivity contribution < 1.29 is 0 Å². The highest BCUT2D eigenvalue weighted by Gasteiger charge is 2.57. The molecule has 2 heteroatoms. The molecule has 0 aromatic rings. The Morgan fingerprint density at radius 1 is 1.62 bits per heavy atom. The highest BCUT2D eigenvalue weighted by atomic mass is 32.2. The van der Waals surface area contributed by atoms with Crippen LogP contribution < -0.4 is 5.73 Å². The molecule has 0 bridgehead atoms. The molecule has 1 heterocycles. The van der Waals surface area contributed by atoms with Crippen LogP contribution in [0.5, 0.6) is 0 Å². The van der Waals surface area contributed by atoms with Gasteiger partial charge in [0.2, 0.25) is 0 Å². The van der Waals surface area contributed by atoms with Crippen molar-refractivity contribution in [2.75, 3.05) is 18.1 Å². The summed E-state index contributed by atoms with van der Waals surface area (Å²) in [6, 6.07) is 0. The van der Waals surface area contributed by atoms with Crippen molar-refractivity contribution in [1.82, 2.24) is 0 Å². The first kappa shape index (κ1) is 5.12. The normalized spacial score (nSPS) is 39.4. The molecule has 1 aliphatic heterocycles. The molecule has 46 valence electrons. The van der Waals surface area contributed by atoms with Gasteiger partial charge in [-0.05, 0) is 24.3 Å². The van der Waals surface area contributed by atoms with E-state index in [0.29, 0.717) is 0 Å². The minimum absolute atomic E-state index is 0.777. The number of rotatable bonds is 1. The lowest BCUT2D eigenvalue weighted by molar-refractivity contribution is 0.557. The molecule has 2 aliphatic rings. The van der Waals surface area contributed by atoms with Crippen LogP contribution in [0.3, 0.4) is 0 Å². The van der Waals surface area contributed by atoms with Crippen molar-refractivity contribution in [3.8, 4) is 0 Å². The monoisotopic (exact) mass is 129 g/mol. The largest absolute Gasteiger partial charge is 0.330 e. The lowest BCUT2D eigenvalue weighted by Crippen LogP contribution is -2.24. The summed E-state index contributed by atoms with van der Waals surface area (Å²) in [6.45, 7) is 0.931. The molecule has 1 nitrogen and oxygen atoms in total. The third kappa shape index (κ3) is 0.477. The van der Waals surface area contributed by atoms with Gasteiger partial charge >= 0.3 is 0 Å². The molecular weight excluding hydrogens is 118 g/mol. The van der Waals surface area contributed by atoms with E-state index in [4.69, 9.17) is 5.73 Å². The molecule has 1 unspecified atom stereocenters. The lowest BCUT2D eigenvalue weighted by atomic mass is 10.1. The molecule has 2 fully saturated rings. The summed E-state index contributed by atoms with van der Waals surface area (Å²) in [7, 11) is 0. The predicted octanol–water partition coefficient (Wildman–Crippen LogP) is 0.698. The fourth-order valence-corrected chi connectivity index (χ4v) is 2.92. The van der Waals surface area contributed by atoms with Gasteiger partial charge in [-0.15, -0.1) is 0 Å². The van der Waals surface area contributed by atoms with Gasteiger partial charge in [0.05, 0.1) is 0 Å². The highest BCUT2D eigenvalue weighted by molar-refractivity contribution is 8.00. The highest BCUT2D eigenvalue weighted by Crippen LogP contribution is 2.61. The third-order valence-corrected chi connectivity index (χ3v) is 3.98. The van der Waals surface area contributed by atoms with E-state index in [2.05, 4.69) is 11.8 Å². The van der Waals surface area contributed by atoms with Gasteiger partial charge in [0.15, 0.2) is 0 Å². The molecule has 0 aromatic carbocycles. The fraction of sp³-hybridized carbons (Fsp3) is 1.00. The van der Waals surface area contributed by atoms with Crippen LogP contribution in [0.1, 0.15) is 6.42 Å². The van der Waals surface area contributed by atoms with Crippen LogP contribution in [-0.4, -0.2) is 18.1 Å². The molecule has 1 saturated carbocycles. The van der Waals surface area contributed by atoms with Gasteiger partial charge in [-0.1, -0.05) is 0 Å². The second-order valence-electron chi connectivity index (χ2n) is 2.99. The summed E-state index contributed by atoms with van der Waals surface area (Å²) >= 11 is 2.07. The summed E-state index contributed by atoms with van der Waals surface area (Å²) in [4.78, 5) is 0. The average molecular weight is 129 g/mol. The average Bonchev–Trinajstić information content (AvgIpc) is 2.36. The second kappa shape index (κ2) is 1.42. The molecule has 1 aliphatic carbocycles. The standard InChI is InChI=1S/C6H11NS/c7-2-5-1-6(5)3-8-4-6/h5H,1-4,7H2. The van der Waals surface area contributed by atoms with Crippen LogP contribution in [0.4, 0.5) is 0 Å². The van der Waals surface area contributed by atoms with Gasteiger partial charge in [-0.25, -0.2) is 0 Å². The molecule has 8 heavy (non-hydrogen) atoms. The SMILES string of the molecule is NCC1CC12CSC2. The van der Waals surface area contributed by atoms with E-state index in [-0.39, 0.29) is 0 Å².